The van der Waals surface area contributed by atoms with Crippen LogP contribution in [0, 0.1) is 0 Å². The van der Waals surface area contributed by atoms with Gasteiger partial charge in [-0.2, -0.15) is 0 Å². The normalized spacial score (nSPS) is 17.3. The zero-order chi connectivity index (χ0) is 49.4. The Morgan fingerprint density at radius 1 is 0.397 bits per heavy atom. The Morgan fingerprint density at radius 2 is 0.890 bits per heavy atom. The lowest BCUT2D eigenvalue weighted by Crippen LogP contribution is -2.33. The molecule has 5 aliphatic rings. The summed E-state index contributed by atoms with van der Waals surface area (Å²) < 4.78 is 0. The van der Waals surface area contributed by atoms with Gasteiger partial charge in [0.05, 0.1) is 16.5 Å². The van der Waals surface area contributed by atoms with Gasteiger partial charge in [0.25, 0.3) is 0 Å². The van der Waals surface area contributed by atoms with Gasteiger partial charge in [-0.15, -0.1) is 0 Å². The van der Waals surface area contributed by atoms with Crippen molar-refractivity contribution in [1.82, 2.24) is 0 Å². The summed E-state index contributed by atoms with van der Waals surface area (Å²) in [6.45, 7) is 14.1. The fraction of sp³-hybridized carbons (Fsp3) is 0.171. The van der Waals surface area contributed by atoms with Crippen LogP contribution in [0.3, 0.4) is 0 Å². The molecule has 73 heavy (non-hydrogen) atoms. The molecule has 2 aliphatic heterocycles. The maximum absolute atomic E-state index is 2.59. The fourth-order valence-electron chi connectivity index (χ4n) is 13.2. The van der Waals surface area contributed by atoms with E-state index >= 15 is 0 Å². The monoisotopic (exact) mass is 975 g/mol. The predicted molar refractivity (Wildman–Crippen MR) is 308 cm³/mol. The van der Waals surface area contributed by atoms with Gasteiger partial charge >= 0.3 is 0 Å². The van der Waals surface area contributed by atoms with E-state index in [0.29, 0.717) is 0 Å². The van der Waals surface area contributed by atoms with Crippen LogP contribution in [0.4, 0.5) is 17.1 Å². The van der Waals surface area contributed by atoms with Crippen LogP contribution >= 0.6 is 23.5 Å². The third kappa shape index (κ3) is 6.44. The van der Waals surface area contributed by atoms with E-state index in [-0.39, 0.29) is 10.8 Å². The van der Waals surface area contributed by atoms with Crippen molar-refractivity contribution in [3.8, 4) is 33.4 Å². The lowest BCUT2D eigenvalue weighted by atomic mass is 9.65. The van der Waals surface area contributed by atoms with Gasteiger partial charge in [0.1, 0.15) is 0 Å². The predicted octanol–water partition coefficient (Wildman–Crippen LogP) is 19.3. The van der Waals surface area contributed by atoms with Gasteiger partial charge in [0, 0.05) is 31.6 Å². The van der Waals surface area contributed by atoms with E-state index in [0.717, 1.165) is 29.9 Å². The second-order valence-corrected chi connectivity index (χ2v) is 24.9. The molecular weight excluding hydrogens is 919 g/mol. The summed E-state index contributed by atoms with van der Waals surface area (Å²) in [5, 5.41) is 0. The molecule has 3 heteroatoms. The highest BCUT2D eigenvalue weighted by atomic mass is 32.2. The highest BCUT2D eigenvalue weighted by molar-refractivity contribution is 8.03. The van der Waals surface area contributed by atoms with Crippen molar-refractivity contribution in [2.24, 2.45) is 0 Å². The molecule has 0 aromatic heterocycles. The molecule has 0 fully saturated rings. The number of hydrogen-bond acceptors (Lipinski definition) is 3. The van der Waals surface area contributed by atoms with Crippen molar-refractivity contribution in [1.29, 1.82) is 0 Å². The van der Waals surface area contributed by atoms with Crippen LogP contribution in [-0.2, 0) is 21.7 Å². The van der Waals surface area contributed by atoms with Crippen LogP contribution in [0.2, 0.25) is 0 Å². The standard InChI is InChI=1S/C70H57NS2/c1-67(2,3)45-32-38-65-60(40-45)70(61-41-46(68(4,5)6)33-39-66(61)73-65)55-26-14-11-24-51(55)53-37-35-48(43-59(53)70)71(62-29-17-12-22-49(62)44-20-8-7-9-21-44)47-34-36-52-50-23-10-13-25-54(50)69(58(52)42-47)56-27-15-18-30-63(56)72-64-31-19-16-28-57(64)69/h7-18,20-30,32-43H,19,31H2,1-6H3. The van der Waals surface area contributed by atoms with E-state index in [1.165, 1.54) is 109 Å². The fourth-order valence-corrected chi connectivity index (χ4v) is 15.6. The van der Waals surface area contributed by atoms with Crippen molar-refractivity contribution in [3.63, 3.8) is 0 Å². The zero-order valence-corrected chi connectivity index (χ0v) is 44.0. The maximum Gasteiger partial charge on any atom is 0.0736 e. The molecule has 1 unspecified atom stereocenters. The molecule has 0 bridgehead atoms. The second-order valence-electron chi connectivity index (χ2n) is 22.7. The van der Waals surface area contributed by atoms with Crippen LogP contribution in [0.15, 0.2) is 238 Å². The molecule has 2 heterocycles. The van der Waals surface area contributed by atoms with Crippen molar-refractivity contribution in [3.05, 3.63) is 273 Å². The molecule has 354 valence electrons. The Bertz CT molecular complexity index is 3780. The Kier molecular flexibility index (Phi) is 9.93. The Labute approximate surface area is 439 Å². The van der Waals surface area contributed by atoms with E-state index in [4.69, 9.17) is 0 Å². The number of hydrogen-bond donors (Lipinski definition) is 0. The summed E-state index contributed by atoms with van der Waals surface area (Å²) in [4.78, 5) is 8.07. The van der Waals surface area contributed by atoms with Gasteiger partial charge in [-0.25, -0.2) is 0 Å². The molecular formula is C70H57NS2. The quantitative estimate of drug-likeness (QED) is 0.173. The minimum atomic E-state index is -0.575. The number of benzene rings is 9. The molecule has 0 saturated carbocycles. The van der Waals surface area contributed by atoms with E-state index in [1.54, 1.807) is 0 Å². The van der Waals surface area contributed by atoms with Gasteiger partial charge in [0.2, 0.25) is 0 Å². The first kappa shape index (κ1) is 44.6. The molecule has 9 aromatic rings. The number of thioether (sulfide) groups is 1. The molecule has 0 radical (unpaired) electrons. The highest BCUT2D eigenvalue weighted by Gasteiger charge is 2.53. The molecule has 14 rings (SSSR count). The van der Waals surface area contributed by atoms with Gasteiger partial charge in [-0.1, -0.05) is 229 Å². The van der Waals surface area contributed by atoms with Gasteiger partial charge in [-0.05, 0) is 161 Å². The summed E-state index contributed by atoms with van der Waals surface area (Å²) in [6.07, 6.45) is 7.00. The summed E-state index contributed by atoms with van der Waals surface area (Å²) in [7, 11) is 0. The molecule has 1 atom stereocenters. The minimum absolute atomic E-state index is 0.0402. The van der Waals surface area contributed by atoms with Crippen molar-refractivity contribution < 1.29 is 0 Å². The van der Waals surface area contributed by atoms with Gasteiger partial charge in [0.15, 0.2) is 0 Å². The third-order valence-corrected chi connectivity index (χ3v) is 19.0. The first-order valence-electron chi connectivity index (χ1n) is 26.0. The summed E-state index contributed by atoms with van der Waals surface area (Å²) in [5.74, 6) is 0. The first-order chi connectivity index (χ1) is 35.5. The van der Waals surface area contributed by atoms with Crippen molar-refractivity contribution >= 4 is 40.6 Å². The number of fused-ring (bicyclic) bond motifs is 17. The van der Waals surface area contributed by atoms with Gasteiger partial charge in [-0.3, -0.25) is 0 Å². The Hall–Kier alpha value is -7.04. The third-order valence-electron chi connectivity index (χ3n) is 16.6. The number of rotatable bonds is 4. The minimum Gasteiger partial charge on any atom is -0.310 e. The molecule has 0 amide bonds. The van der Waals surface area contributed by atoms with E-state index < -0.39 is 10.8 Å². The molecule has 1 nitrogen and oxygen atoms in total. The van der Waals surface area contributed by atoms with E-state index in [9.17, 15) is 0 Å². The van der Waals surface area contributed by atoms with Crippen LogP contribution in [-0.4, -0.2) is 0 Å². The van der Waals surface area contributed by atoms with Crippen LogP contribution in [0.25, 0.3) is 33.4 Å². The lowest BCUT2D eigenvalue weighted by molar-refractivity contribution is 0.581. The van der Waals surface area contributed by atoms with Crippen molar-refractivity contribution in [2.75, 3.05) is 4.90 Å². The maximum atomic E-state index is 2.59. The first-order valence-corrected chi connectivity index (χ1v) is 27.7. The van der Waals surface area contributed by atoms with Crippen molar-refractivity contribution in [2.45, 2.75) is 90.7 Å². The smallest absolute Gasteiger partial charge is 0.0736 e. The van der Waals surface area contributed by atoms with E-state index in [1.807, 2.05) is 23.5 Å². The molecule has 0 N–H and O–H groups in total. The molecule has 0 saturated heterocycles. The number of para-hydroxylation sites is 1. The average Bonchev–Trinajstić information content (AvgIpc) is 3.86. The van der Waals surface area contributed by atoms with E-state index in [2.05, 4.69) is 259 Å². The second kappa shape index (κ2) is 16.2. The van der Waals surface area contributed by atoms with Crippen LogP contribution in [0.5, 0.6) is 0 Å². The van der Waals surface area contributed by atoms with Crippen LogP contribution < -0.4 is 4.90 Å². The molecule has 9 aromatic carbocycles. The lowest BCUT2D eigenvalue weighted by Gasteiger charge is -2.42. The SMILES string of the molecule is CC(C)(C)c1ccc2c(c1)C1(c3cc(C(C)(C)C)ccc3S2)c2ccccc2-c2ccc(N(c3ccc4c(c3)C3(C5=C(CCC=C5)Sc5ccccc53)c3ccccc3-4)c3ccccc3-c3ccccc3)cc21. The van der Waals surface area contributed by atoms with Gasteiger partial charge < -0.3 is 4.90 Å². The largest absolute Gasteiger partial charge is 0.310 e. The Balaban J connectivity index is 1.08. The number of allylic oxidation sites excluding steroid dienone is 4. The zero-order valence-electron chi connectivity index (χ0n) is 42.4. The number of nitrogens with zero attached hydrogens (tertiary/aromatic N) is 1. The topological polar surface area (TPSA) is 3.24 Å². The van der Waals surface area contributed by atoms with Crippen LogP contribution in [0.1, 0.15) is 104 Å². The molecule has 2 spiro atoms. The highest BCUT2D eigenvalue weighted by Crippen LogP contribution is 2.66. The summed E-state index contributed by atoms with van der Waals surface area (Å²) in [5.41, 5.74) is 23.6. The summed E-state index contributed by atoms with van der Waals surface area (Å²) >= 11 is 3.92. The molecule has 3 aliphatic carbocycles. The number of anilines is 3. The average molecular weight is 976 g/mol. The Morgan fingerprint density at radius 3 is 1.51 bits per heavy atom. The summed E-state index contributed by atoms with van der Waals surface area (Å²) in [6, 6.07) is 77.3.